The Hall–Kier alpha value is -0.920. The van der Waals surface area contributed by atoms with Crippen LogP contribution in [0.2, 0.25) is 0 Å². The molecule has 0 bridgehead atoms. The number of halogens is 1. The van der Waals surface area contributed by atoms with Crippen LogP contribution in [0.5, 0.6) is 5.88 Å². The van der Waals surface area contributed by atoms with E-state index in [0.29, 0.717) is 11.8 Å². The molecule has 0 amide bonds. The second kappa shape index (κ2) is 8.51. The van der Waals surface area contributed by atoms with Crippen LogP contribution in [0.1, 0.15) is 12.8 Å². The molecule has 2 heterocycles. The number of hydrogen-bond donors (Lipinski definition) is 1. The van der Waals surface area contributed by atoms with Gasteiger partial charge in [0.25, 0.3) is 0 Å². The van der Waals surface area contributed by atoms with Gasteiger partial charge in [0.2, 0.25) is 11.8 Å². The molecule has 1 aliphatic rings. The molecule has 1 aromatic heterocycles. The Morgan fingerprint density at radius 3 is 3.10 bits per heavy atom. The van der Waals surface area contributed by atoms with Crippen molar-refractivity contribution in [2.75, 3.05) is 51.9 Å². The molecule has 0 aromatic carbocycles. The smallest absolute Gasteiger partial charge is 0.232 e. The molecule has 1 fully saturated rings. The third-order valence-corrected chi connectivity index (χ3v) is 4.15. The van der Waals surface area contributed by atoms with Gasteiger partial charge in [0.05, 0.1) is 24.4 Å². The molecule has 0 spiro atoms. The van der Waals surface area contributed by atoms with Gasteiger partial charge in [-0.2, -0.15) is 4.98 Å². The van der Waals surface area contributed by atoms with Gasteiger partial charge in [0.15, 0.2) is 0 Å². The lowest BCUT2D eigenvalue weighted by Gasteiger charge is -2.33. The Labute approximate surface area is 134 Å². The number of aromatic nitrogens is 2. The Morgan fingerprint density at radius 1 is 1.48 bits per heavy atom. The van der Waals surface area contributed by atoms with Crippen LogP contribution >= 0.6 is 15.9 Å². The van der Waals surface area contributed by atoms with Gasteiger partial charge in [-0.3, -0.25) is 0 Å². The Bertz CT molecular complexity index is 447. The Balaban J connectivity index is 1.91. The van der Waals surface area contributed by atoms with Crippen LogP contribution in [0.3, 0.4) is 0 Å². The average Bonchev–Trinajstić information content (AvgIpc) is 2.52. The SMILES string of the molecule is COCCNCC1CCCN(c2ncc(Br)c(OC)n2)C1. The van der Waals surface area contributed by atoms with E-state index in [0.717, 1.165) is 43.2 Å². The fraction of sp³-hybridized carbons (Fsp3) is 0.714. The highest BCUT2D eigenvalue weighted by Crippen LogP contribution is 2.26. The third-order valence-electron chi connectivity index (χ3n) is 3.61. The summed E-state index contributed by atoms with van der Waals surface area (Å²) >= 11 is 3.39. The van der Waals surface area contributed by atoms with Gasteiger partial charge in [-0.1, -0.05) is 0 Å². The monoisotopic (exact) mass is 358 g/mol. The number of nitrogens with one attached hydrogen (secondary N) is 1. The molecule has 7 heteroatoms. The summed E-state index contributed by atoms with van der Waals surface area (Å²) in [4.78, 5) is 11.1. The molecule has 118 valence electrons. The number of hydrogen-bond acceptors (Lipinski definition) is 6. The van der Waals surface area contributed by atoms with Gasteiger partial charge in [-0.05, 0) is 41.2 Å². The minimum atomic E-state index is 0.584. The van der Waals surface area contributed by atoms with E-state index in [4.69, 9.17) is 9.47 Å². The molecular formula is C14H23BrN4O2. The van der Waals surface area contributed by atoms with Crippen LogP contribution in [0, 0.1) is 5.92 Å². The van der Waals surface area contributed by atoms with Crippen molar-refractivity contribution in [1.29, 1.82) is 0 Å². The van der Waals surface area contributed by atoms with Crippen LogP contribution in [0.25, 0.3) is 0 Å². The topological polar surface area (TPSA) is 59.5 Å². The fourth-order valence-corrected chi connectivity index (χ4v) is 2.88. The molecular weight excluding hydrogens is 336 g/mol. The quantitative estimate of drug-likeness (QED) is 0.748. The van der Waals surface area contributed by atoms with Crippen LogP contribution in [0.4, 0.5) is 5.95 Å². The van der Waals surface area contributed by atoms with Crippen molar-refractivity contribution in [3.8, 4) is 5.88 Å². The number of anilines is 1. The molecule has 0 radical (unpaired) electrons. The van der Waals surface area contributed by atoms with Crippen molar-refractivity contribution < 1.29 is 9.47 Å². The minimum Gasteiger partial charge on any atom is -0.480 e. The van der Waals surface area contributed by atoms with E-state index < -0.39 is 0 Å². The normalized spacial score (nSPS) is 18.8. The summed E-state index contributed by atoms with van der Waals surface area (Å²) in [7, 11) is 3.35. The molecule has 2 rings (SSSR count). The maximum atomic E-state index is 5.24. The number of ether oxygens (including phenoxy) is 2. The summed E-state index contributed by atoms with van der Waals surface area (Å²) in [6, 6.07) is 0. The first-order valence-corrected chi connectivity index (χ1v) is 8.05. The second-order valence-electron chi connectivity index (χ2n) is 5.18. The van der Waals surface area contributed by atoms with Gasteiger partial charge in [0.1, 0.15) is 0 Å². The zero-order chi connectivity index (χ0) is 15.1. The third kappa shape index (κ3) is 4.79. The van der Waals surface area contributed by atoms with Crippen molar-refractivity contribution in [3.05, 3.63) is 10.7 Å². The molecule has 1 saturated heterocycles. The number of methoxy groups -OCH3 is 2. The zero-order valence-corrected chi connectivity index (χ0v) is 14.2. The van der Waals surface area contributed by atoms with E-state index in [9.17, 15) is 0 Å². The molecule has 1 unspecified atom stereocenters. The lowest BCUT2D eigenvalue weighted by Crippen LogP contribution is -2.41. The highest BCUT2D eigenvalue weighted by atomic mass is 79.9. The minimum absolute atomic E-state index is 0.584. The Morgan fingerprint density at radius 2 is 2.33 bits per heavy atom. The molecule has 0 saturated carbocycles. The van der Waals surface area contributed by atoms with Crippen molar-refractivity contribution in [2.24, 2.45) is 5.92 Å². The summed E-state index contributed by atoms with van der Waals surface area (Å²) < 4.78 is 11.1. The van der Waals surface area contributed by atoms with E-state index in [-0.39, 0.29) is 0 Å². The van der Waals surface area contributed by atoms with Crippen molar-refractivity contribution in [1.82, 2.24) is 15.3 Å². The van der Waals surface area contributed by atoms with Crippen molar-refractivity contribution in [2.45, 2.75) is 12.8 Å². The van der Waals surface area contributed by atoms with Crippen LogP contribution in [-0.4, -0.2) is 57.0 Å². The second-order valence-corrected chi connectivity index (χ2v) is 6.03. The first-order valence-electron chi connectivity index (χ1n) is 7.25. The molecule has 6 nitrogen and oxygen atoms in total. The van der Waals surface area contributed by atoms with E-state index in [2.05, 4.69) is 36.1 Å². The summed E-state index contributed by atoms with van der Waals surface area (Å²) in [6.45, 7) is 4.64. The molecule has 1 N–H and O–H groups in total. The zero-order valence-electron chi connectivity index (χ0n) is 12.6. The number of rotatable bonds is 7. The van der Waals surface area contributed by atoms with E-state index in [1.54, 1.807) is 20.4 Å². The van der Waals surface area contributed by atoms with Crippen LogP contribution in [0.15, 0.2) is 10.7 Å². The molecule has 1 aromatic rings. The van der Waals surface area contributed by atoms with Gasteiger partial charge in [-0.25, -0.2) is 4.98 Å². The predicted octanol–water partition coefficient (Wildman–Crippen LogP) is 1.70. The van der Waals surface area contributed by atoms with E-state index in [1.807, 2.05) is 0 Å². The summed E-state index contributed by atoms with van der Waals surface area (Å²) in [6.07, 6.45) is 4.16. The summed E-state index contributed by atoms with van der Waals surface area (Å²) in [5.74, 6) is 1.95. The van der Waals surface area contributed by atoms with E-state index in [1.165, 1.54) is 12.8 Å². The highest BCUT2D eigenvalue weighted by Gasteiger charge is 2.22. The largest absolute Gasteiger partial charge is 0.480 e. The van der Waals surface area contributed by atoms with Crippen LogP contribution in [-0.2, 0) is 4.74 Å². The van der Waals surface area contributed by atoms with E-state index >= 15 is 0 Å². The van der Waals surface area contributed by atoms with Crippen molar-refractivity contribution >= 4 is 21.9 Å². The van der Waals surface area contributed by atoms with Gasteiger partial charge in [-0.15, -0.1) is 0 Å². The molecule has 0 aliphatic carbocycles. The van der Waals surface area contributed by atoms with Gasteiger partial charge < -0.3 is 19.7 Å². The van der Waals surface area contributed by atoms with Crippen molar-refractivity contribution in [3.63, 3.8) is 0 Å². The lowest BCUT2D eigenvalue weighted by atomic mass is 9.98. The lowest BCUT2D eigenvalue weighted by molar-refractivity contribution is 0.197. The number of piperidine rings is 1. The van der Waals surface area contributed by atoms with Gasteiger partial charge in [0, 0.05) is 26.7 Å². The summed E-state index contributed by atoms with van der Waals surface area (Å²) in [5.41, 5.74) is 0. The first-order chi connectivity index (χ1) is 10.2. The first kappa shape index (κ1) is 16.5. The Kier molecular flexibility index (Phi) is 6.66. The highest BCUT2D eigenvalue weighted by molar-refractivity contribution is 9.10. The molecule has 1 aliphatic heterocycles. The van der Waals surface area contributed by atoms with Crippen LogP contribution < -0.4 is 15.0 Å². The molecule has 1 atom stereocenters. The fourth-order valence-electron chi connectivity index (χ4n) is 2.53. The standard InChI is InChI=1S/C14H23BrN4O2/c1-20-7-5-16-8-11-4-3-6-19(10-11)14-17-9-12(15)13(18-14)21-2/h9,11,16H,3-8,10H2,1-2H3. The molecule has 21 heavy (non-hydrogen) atoms. The number of nitrogens with zero attached hydrogens (tertiary/aromatic N) is 3. The summed E-state index contributed by atoms with van der Waals surface area (Å²) in [5, 5.41) is 3.44. The predicted molar refractivity (Wildman–Crippen MR) is 86.0 cm³/mol. The maximum absolute atomic E-state index is 5.24. The average molecular weight is 359 g/mol. The van der Waals surface area contributed by atoms with Gasteiger partial charge >= 0.3 is 0 Å². The maximum Gasteiger partial charge on any atom is 0.232 e.